The van der Waals surface area contributed by atoms with Gasteiger partial charge in [0, 0.05) is 0 Å². The Hall–Kier alpha value is -1.03. The quantitative estimate of drug-likeness (QED) is 0.325. The zero-order chi connectivity index (χ0) is 24.0. The standard InChI is InChI=1S/C27H42O4.C2H6/c1-6-22-16(3)24-23(31-22)15-21-19-9-8-17-14-18(30-25(28)29-7-2)10-12-26(17,4)20(19)11-13-27(21,24)5;1-2/h6,16-24H,1,7-15H2,2-5H3;1-2H3/t16-,17?,18?,19?,20?,21?,22?,23?,24?,26?,27?;/m1./s1. The molecule has 188 valence electrons. The molecule has 4 aliphatic carbocycles. The molecule has 4 nitrogen and oxygen atoms in total. The summed E-state index contributed by atoms with van der Waals surface area (Å²) in [5.41, 5.74) is 0.822. The number of carbonyl (C=O) groups excluding carboxylic acids is 1. The minimum Gasteiger partial charge on any atom is -0.435 e. The van der Waals surface area contributed by atoms with E-state index < -0.39 is 6.16 Å². The number of hydrogen-bond donors (Lipinski definition) is 0. The van der Waals surface area contributed by atoms with Crippen molar-refractivity contribution in [1.29, 1.82) is 0 Å². The fraction of sp³-hybridized carbons (Fsp3) is 0.897. The molecule has 1 heterocycles. The summed E-state index contributed by atoms with van der Waals surface area (Å²) in [6.45, 7) is 17.8. The predicted molar refractivity (Wildman–Crippen MR) is 132 cm³/mol. The van der Waals surface area contributed by atoms with E-state index in [1.165, 1.54) is 38.5 Å². The van der Waals surface area contributed by atoms with Crippen molar-refractivity contribution in [3.05, 3.63) is 12.7 Å². The molecule has 11 atom stereocenters. The fourth-order valence-corrected chi connectivity index (χ4v) is 9.52. The lowest BCUT2D eigenvalue weighted by atomic mass is 9.44. The van der Waals surface area contributed by atoms with Crippen LogP contribution in [-0.2, 0) is 14.2 Å². The monoisotopic (exact) mass is 460 g/mol. The van der Waals surface area contributed by atoms with Crippen LogP contribution in [0.3, 0.4) is 0 Å². The Morgan fingerprint density at radius 3 is 2.48 bits per heavy atom. The molecule has 1 saturated heterocycles. The molecule has 5 rings (SSSR count). The van der Waals surface area contributed by atoms with Crippen LogP contribution in [0.15, 0.2) is 12.7 Å². The number of ether oxygens (including phenoxy) is 3. The van der Waals surface area contributed by atoms with Crippen molar-refractivity contribution in [3.63, 3.8) is 0 Å². The van der Waals surface area contributed by atoms with Crippen LogP contribution >= 0.6 is 0 Å². The molecule has 0 radical (unpaired) electrons. The first-order valence-electron chi connectivity index (χ1n) is 13.9. The van der Waals surface area contributed by atoms with Gasteiger partial charge in [0.2, 0.25) is 0 Å². The van der Waals surface area contributed by atoms with E-state index in [9.17, 15) is 4.79 Å². The Bertz CT molecular complexity index is 720. The van der Waals surface area contributed by atoms with Crippen molar-refractivity contribution in [2.45, 2.75) is 111 Å². The number of carbonyl (C=O) groups is 1. The Balaban J connectivity index is 0.00000126. The summed E-state index contributed by atoms with van der Waals surface area (Å²) in [5.74, 6) is 4.42. The smallest absolute Gasteiger partial charge is 0.435 e. The third-order valence-electron chi connectivity index (χ3n) is 10.9. The lowest BCUT2D eigenvalue weighted by Crippen LogP contribution is -2.54. The molecule has 0 aromatic carbocycles. The van der Waals surface area contributed by atoms with Gasteiger partial charge in [-0.15, -0.1) is 6.58 Å². The lowest BCUT2D eigenvalue weighted by Gasteiger charge is -2.61. The van der Waals surface area contributed by atoms with Crippen LogP contribution in [0, 0.1) is 46.3 Å². The van der Waals surface area contributed by atoms with E-state index in [1.54, 1.807) is 0 Å². The van der Waals surface area contributed by atoms with Gasteiger partial charge in [0.1, 0.15) is 6.10 Å². The van der Waals surface area contributed by atoms with E-state index in [-0.39, 0.29) is 12.2 Å². The second-order valence-electron chi connectivity index (χ2n) is 11.9. The molecule has 5 aliphatic rings. The first kappa shape index (κ1) is 25.1. The maximum absolute atomic E-state index is 11.8. The Kier molecular flexibility index (Phi) is 7.26. The Morgan fingerprint density at radius 1 is 1.06 bits per heavy atom. The van der Waals surface area contributed by atoms with Crippen LogP contribution in [0.5, 0.6) is 0 Å². The van der Waals surface area contributed by atoms with E-state index in [0.29, 0.717) is 41.3 Å². The molecule has 10 unspecified atom stereocenters. The maximum Gasteiger partial charge on any atom is 0.508 e. The zero-order valence-corrected chi connectivity index (χ0v) is 22.0. The summed E-state index contributed by atoms with van der Waals surface area (Å²) in [7, 11) is 0. The molecular weight excluding hydrogens is 412 g/mol. The van der Waals surface area contributed by atoms with E-state index >= 15 is 0 Å². The minimum atomic E-state index is -0.484. The summed E-state index contributed by atoms with van der Waals surface area (Å²) in [6, 6.07) is 0. The van der Waals surface area contributed by atoms with E-state index in [1.807, 2.05) is 26.8 Å². The van der Waals surface area contributed by atoms with Crippen molar-refractivity contribution in [1.82, 2.24) is 0 Å². The summed E-state index contributed by atoms with van der Waals surface area (Å²) in [6.07, 6.45) is 12.1. The predicted octanol–water partition coefficient (Wildman–Crippen LogP) is 7.41. The fourth-order valence-electron chi connectivity index (χ4n) is 9.52. The van der Waals surface area contributed by atoms with Gasteiger partial charge in [-0.05, 0) is 105 Å². The molecule has 0 aromatic heterocycles. The highest BCUT2D eigenvalue weighted by atomic mass is 16.7. The van der Waals surface area contributed by atoms with Crippen LogP contribution in [0.2, 0.25) is 0 Å². The molecule has 0 bridgehead atoms. The van der Waals surface area contributed by atoms with Crippen LogP contribution in [0.4, 0.5) is 4.79 Å². The van der Waals surface area contributed by atoms with Crippen LogP contribution in [0.25, 0.3) is 0 Å². The van der Waals surface area contributed by atoms with Gasteiger partial charge in [-0.3, -0.25) is 0 Å². The second-order valence-corrected chi connectivity index (χ2v) is 11.9. The molecule has 33 heavy (non-hydrogen) atoms. The highest BCUT2D eigenvalue weighted by Crippen LogP contribution is 2.70. The topological polar surface area (TPSA) is 44.8 Å². The lowest BCUT2D eigenvalue weighted by molar-refractivity contribution is -0.132. The largest absolute Gasteiger partial charge is 0.508 e. The van der Waals surface area contributed by atoms with Crippen LogP contribution < -0.4 is 0 Å². The highest BCUT2D eigenvalue weighted by Gasteiger charge is 2.65. The van der Waals surface area contributed by atoms with Crippen molar-refractivity contribution in [2.75, 3.05) is 6.61 Å². The average Bonchev–Trinajstić information content (AvgIpc) is 3.28. The normalized spacial score (nSPS) is 49.9. The van der Waals surface area contributed by atoms with Gasteiger partial charge < -0.3 is 14.2 Å². The van der Waals surface area contributed by atoms with E-state index in [4.69, 9.17) is 14.2 Å². The molecular formula is C29H48O4. The third-order valence-corrected chi connectivity index (χ3v) is 10.9. The summed E-state index contributed by atoms with van der Waals surface area (Å²) >= 11 is 0. The molecule has 5 fully saturated rings. The van der Waals surface area contributed by atoms with Crippen molar-refractivity contribution in [3.8, 4) is 0 Å². The number of hydrogen-bond acceptors (Lipinski definition) is 4. The molecule has 0 spiro atoms. The summed E-state index contributed by atoms with van der Waals surface area (Å²) in [4.78, 5) is 11.8. The van der Waals surface area contributed by atoms with E-state index in [0.717, 1.165) is 30.6 Å². The van der Waals surface area contributed by atoms with Gasteiger partial charge in [-0.1, -0.05) is 40.7 Å². The Labute approximate surface area is 202 Å². The number of rotatable bonds is 3. The van der Waals surface area contributed by atoms with Crippen molar-refractivity contribution < 1.29 is 19.0 Å². The van der Waals surface area contributed by atoms with Crippen molar-refractivity contribution in [2.24, 2.45) is 46.3 Å². The van der Waals surface area contributed by atoms with Gasteiger partial charge in [0.25, 0.3) is 0 Å². The molecule has 0 N–H and O–H groups in total. The molecule has 0 amide bonds. The first-order valence-corrected chi connectivity index (χ1v) is 13.9. The zero-order valence-electron chi connectivity index (χ0n) is 22.0. The van der Waals surface area contributed by atoms with Crippen LogP contribution in [0.1, 0.15) is 92.9 Å². The average molecular weight is 461 g/mol. The highest BCUT2D eigenvalue weighted by molar-refractivity contribution is 5.60. The van der Waals surface area contributed by atoms with Crippen molar-refractivity contribution >= 4 is 6.16 Å². The minimum absolute atomic E-state index is 0.0402. The van der Waals surface area contributed by atoms with Gasteiger partial charge in [0.15, 0.2) is 0 Å². The van der Waals surface area contributed by atoms with E-state index in [2.05, 4.69) is 27.4 Å². The molecule has 4 heteroatoms. The molecule has 0 aromatic rings. The van der Waals surface area contributed by atoms with Gasteiger partial charge in [0.05, 0.1) is 18.8 Å². The van der Waals surface area contributed by atoms with Crippen LogP contribution in [-0.4, -0.2) is 31.1 Å². The summed E-state index contributed by atoms with van der Waals surface area (Å²) in [5, 5.41) is 0. The maximum atomic E-state index is 11.8. The second kappa shape index (κ2) is 9.55. The van der Waals surface area contributed by atoms with Gasteiger partial charge >= 0.3 is 6.16 Å². The summed E-state index contributed by atoms with van der Waals surface area (Å²) < 4.78 is 17.2. The van der Waals surface area contributed by atoms with Gasteiger partial charge in [-0.25, -0.2) is 4.79 Å². The van der Waals surface area contributed by atoms with Gasteiger partial charge in [-0.2, -0.15) is 0 Å². The Morgan fingerprint density at radius 2 is 1.79 bits per heavy atom. The third kappa shape index (κ3) is 3.96. The number of fused-ring (bicyclic) bond motifs is 7. The first-order chi connectivity index (χ1) is 15.8. The molecule has 1 aliphatic heterocycles. The SMILES string of the molecule is C=CC1OC2CC3C4CCC5CC(OC(=O)OCC)CCC5(C)C4CCC3(C)C2[C@@H]1C.CC. The molecule has 4 saturated carbocycles.